The molecule has 0 aliphatic carbocycles. The van der Waals surface area contributed by atoms with E-state index in [2.05, 4.69) is 16.3 Å². The number of carbonyl (C=O) groups excluding carboxylic acids is 1. The summed E-state index contributed by atoms with van der Waals surface area (Å²) >= 11 is 1.72. The number of fused-ring (bicyclic) bond motifs is 1. The van der Waals surface area contributed by atoms with Crippen molar-refractivity contribution in [3.8, 4) is 0 Å². The van der Waals surface area contributed by atoms with E-state index in [9.17, 15) is 4.79 Å². The van der Waals surface area contributed by atoms with E-state index in [4.69, 9.17) is 5.73 Å². The van der Waals surface area contributed by atoms with Gasteiger partial charge in [0.2, 0.25) is 0 Å². The van der Waals surface area contributed by atoms with E-state index in [1.807, 2.05) is 11.0 Å². The minimum atomic E-state index is -0.282. The molecule has 2 aliphatic rings. The van der Waals surface area contributed by atoms with E-state index in [0.29, 0.717) is 6.04 Å². The van der Waals surface area contributed by atoms with Gasteiger partial charge in [0.15, 0.2) is 0 Å². The van der Waals surface area contributed by atoms with Crippen molar-refractivity contribution in [2.75, 3.05) is 19.6 Å². The van der Waals surface area contributed by atoms with Gasteiger partial charge in [0, 0.05) is 24.0 Å². The zero-order valence-electron chi connectivity index (χ0n) is 9.71. The highest BCUT2D eigenvalue weighted by Gasteiger charge is 2.41. The van der Waals surface area contributed by atoms with E-state index >= 15 is 0 Å². The Morgan fingerprint density at radius 3 is 3.00 bits per heavy atom. The Hall–Kier alpha value is -1.07. The average molecular weight is 251 g/mol. The summed E-state index contributed by atoms with van der Waals surface area (Å²) in [6.45, 7) is 2.89. The maximum Gasteiger partial charge on any atom is 0.315 e. The summed E-state index contributed by atoms with van der Waals surface area (Å²) in [5.41, 5.74) is 5.52. The van der Waals surface area contributed by atoms with Crippen molar-refractivity contribution in [1.29, 1.82) is 0 Å². The van der Waals surface area contributed by atoms with Crippen LogP contribution in [0.15, 0.2) is 17.5 Å². The molecule has 0 saturated carbocycles. The molecule has 2 fully saturated rings. The molecule has 17 heavy (non-hydrogen) atoms. The smallest absolute Gasteiger partial charge is 0.315 e. The molecule has 0 aromatic carbocycles. The third-order valence-electron chi connectivity index (χ3n) is 3.86. The Morgan fingerprint density at radius 1 is 1.41 bits per heavy atom. The summed E-state index contributed by atoms with van der Waals surface area (Å²) in [6, 6.07) is 4.52. The van der Waals surface area contributed by atoms with E-state index < -0.39 is 0 Å². The zero-order chi connectivity index (χ0) is 11.8. The van der Waals surface area contributed by atoms with Gasteiger partial charge in [0.05, 0.1) is 6.04 Å². The van der Waals surface area contributed by atoms with Crippen LogP contribution in [0.5, 0.6) is 0 Å². The fraction of sp³-hybridized carbons (Fsp3) is 0.583. The average Bonchev–Trinajstić information content (AvgIpc) is 2.98. The van der Waals surface area contributed by atoms with Crippen LogP contribution >= 0.6 is 11.3 Å². The van der Waals surface area contributed by atoms with Crippen molar-refractivity contribution in [1.82, 2.24) is 9.80 Å². The molecule has 1 aromatic rings. The lowest BCUT2D eigenvalue weighted by atomic mass is 10.00. The summed E-state index contributed by atoms with van der Waals surface area (Å²) in [4.78, 5) is 17.2. The van der Waals surface area contributed by atoms with Crippen LogP contribution in [0, 0.1) is 0 Å². The summed E-state index contributed by atoms with van der Waals surface area (Å²) in [6.07, 6.45) is 2.41. The Labute approximate surface area is 105 Å². The molecule has 0 radical (unpaired) electrons. The molecule has 0 bridgehead atoms. The monoisotopic (exact) mass is 251 g/mol. The first-order chi connectivity index (χ1) is 8.27. The molecule has 3 heterocycles. The third kappa shape index (κ3) is 1.83. The Kier molecular flexibility index (Phi) is 2.80. The highest BCUT2D eigenvalue weighted by atomic mass is 32.1. The highest BCUT2D eigenvalue weighted by Crippen LogP contribution is 2.38. The molecular formula is C12H17N3OS. The van der Waals surface area contributed by atoms with Crippen LogP contribution < -0.4 is 5.73 Å². The SMILES string of the molecule is NC(=O)N1CCN2CCCC2C1c1cccs1. The van der Waals surface area contributed by atoms with Gasteiger partial charge in [-0.25, -0.2) is 4.79 Å². The lowest BCUT2D eigenvalue weighted by Crippen LogP contribution is -2.55. The highest BCUT2D eigenvalue weighted by molar-refractivity contribution is 7.10. The molecule has 4 nitrogen and oxygen atoms in total. The Bertz CT molecular complexity index is 406. The molecule has 2 N–H and O–H groups in total. The summed E-state index contributed by atoms with van der Waals surface area (Å²) in [5, 5.41) is 2.07. The second-order valence-corrected chi connectivity index (χ2v) is 5.72. The van der Waals surface area contributed by atoms with Crippen LogP contribution in [0.1, 0.15) is 23.8 Å². The molecule has 2 amide bonds. The van der Waals surface area contributed by atoms with Gasteiger partial charge in [-0.15, -0.1) is 11.3 Å². The van der Waals surface area contributed by atoms with Crippen molar-refractivity contribution < 1.29 is 4.79 Å². The van der Waals surface area contributed by atoms with Gasteiger partial charge in [0.25, 0.3) is 0 Å². The molecule has 0 spiro atoms. The molecule has 2 saturated heterocycles. The maximum absolute atomic E-state index is 11.6. The van der Waals surface area contributed by atoms with Crippen LogP contribution in [0.4, 0.5) is 4.79 Å². The molecule has 2 unspecified atom stereocenters. The molecule has 1 aromatic heterocycles. The number of nitrogens with two attached hydrogens (primary N) is 1. The fourth-order valence-corrected chi connectivity index (χ4v) is 4.02. The lowest BCUT2D eigenvalue weighted by Gasteiger charge is -2.43. The Balaban J connectivity index is 1.94. The fourth-order valence-electron chi connectivity index (χ4n) is 3.12. The molecule has 5 heteroatoms. The topological polar surface area (TPSA) is 49.6 Å². The number of carbonyl (C=O) groups is 1. The minimum Gasteiger partial charge on any atom is -0.351 e. The third-order valence-corrected chi connectivity index (χ3v) is 4.80. The van der Waals surface area contributed by atoms with Crippen LogP contribution in [0.2, 0.25) is 0 Å². The first kappa shape index (κ1) is 11.0. The van der Waals surface area contributed by atoms with Crippen LogP contribution in [-0.2, 0) is 0 Å². The number of thiophene rings is 1. The largest absolute Gasteiger partial charge is 0.351 e. The first-order valence-corrected chi connectivity index (χ1v) is 6.99. The van der Waals surface area contributed by atoms with Gasteiger partial charge in [-0.1, -0.05) is 6.07 Å². The van der Waals surface area contributed by atoms with E-state index in [1.165, 1.54) is 24.3 Å². The van der Waals surface area contributed by atoms with E-state index in [0.717, 1.165) is 13.1 Å². The second kappa shape index (κ2) is 4.31. The molecule has 2 atom stereocenters. The van der Waals surface area contributed by atoms with Crippen molar-refractivity contribution in [3.05, 3.63) is 22.4 Å². The summed E-state index contributed by atoms with van der Waals surface area (Å²) in [5.74, 6) is 0. The van der Waals surface area contributed by atoms with Gasteiger partial charge >= 0.3 is 6.03 Å². The van der Waals surface area contributed by atoms with E-state index in [1.54, 1.807) is 11.3 Å². The van der Waals surface area contributed by atoms with Gasteiger partial charge < -0.3 is 10.6 Å². The number of rotatable bonds is 1. The zero-order valence-corrected chi connectivity index (χ0v) is 10.5. The van der Waals surface area contributed by atoms with Gasteiger partial charge in [-0.05, 0) is 30.8 Å². The van der Waals surface area contributed by atoms with Crippen LogP contribution in [0.3, 0.4) is 0 Å². The summed E-state index contributed by atoms with van der Waals surface area (Å²) < 4.78 is 0. The van der Waals surface area contributed by atoms with Crippen molar-refractivity contribution in [2.45, 2.75) is 24.9 Å². The molecule has 92 valence electrons. The number of primary amides is 1. The lowest BCUT2D eigenvalue weighted by molar-refractivity contribution is 0.0700. The molecule has 3 rings (SSSR count). The normalized spacial score (nSPS) is 29.3. The number of hydrogen-bond acceptors (Lipinski definition) is 3. The number of piperazine rings is 1. The number of amides is 2. The van der Waals surface area contributed by atoms with Crippen molar-refractivity contribution in [3.63, 3.8) is 0 Å². The summed E-state index contributed by atoms with van der Waals surface area (Å²) in [7, 11) is 0. The van der Waals surface area contributed by atoms with E-state index in [-0.39, 0.29) is 12.1 Å². The quantitative estimate of drug-likeness (QED) is 0.825. The first-order valence-electron chi connectivity index (χ1n) is 6.11. The van der Waals surface area contributed by atoms with Crippen molar-refractivity contribution >= 4 is 17.4 Å². The van der Waals surface area contributed by atoms with Crippen LogP contribution in [0.25, 0.3) is 0 Å². The standard InChI is InChI=1S/C12H17N3OS/c13-12(16)15-7-6-14-5-1-3-9(14)11(15)10-4-2-8-17-10/h2,4,8-9,11H,1,3,5-7H2,(H2,13,16). The number of hydrogen-bond donors (Lipinski definition) is 1. The Morgan fingerprint density at radius 2 is 2.29 bits per heavy atom. The minimum absolute atomic E-state index is 0.170. The number of urea groups is 1. The maximum atomic E-state index is 11.6. The van der Waals surface area contributed by atoms with Gasteiger partial charge in [0.1, 0.15) is 0 Å². The predicted octanol–water partition coefficient (Wildman–Crippen LogP) is 1.65. The van der Waals surface area contributed by atoms with Gasteiger partial charge in [-0.3, -0.25) is 4.90 Å². The molecule has 2 aliphatic heterocycles. The predicted molar refractivity (Wildman–Crippen MR) is 67.9 cm³/mol. The van der Waals surface area contributed by atoms with Crippen LogP contribution in [-0.4, -0.2) is 41.5 Å². The molecular weight excluding hydrogens is 234 g/mol. The number of nitrogens with zero attached hydrogens (tertiary/aromatic N) is 2. The van der Waals surface area contributed by atoms with Gasteiger partial charge in [-0.2, -0.15) is 0 Å². The van der Waals surface area contributed by atoms with Crippen molar-refractivity contribution in [2.24, 2.45) is 5.73 Å². The second-order valence-electron chi connectivity index (χ2n) is 4.74.